The number of piperidine rings is 1. The van der Waals surface area contributed by atoms with E-state index < -0.39 is 5.63 Å². The number of carbonyl (C=O) groups excluding carboxylic acids is 1. The van der Waals surface area contributed by atoms with Crippen molar-refractivity contribution in [2.75, 3.05) is 13.1 Å². The zero-order chi connectivity index (χ0) is 21.4. The Bertz CT molecular complexity index is 1300. The summed E-state index contributed by atoms with van der Waals surface area (Å²) in [5.41, 5.74) is 2.57. The largest absolute Gasteiger partial charge is 0.422 e. The number of nitrogens with zero attached hydrogens (tertiary/aromatic N) is 1. The Balaban J connectivity index is 1.29. The number of hydrogen-bond acceptors (Lipinski definition) is 5. The lowest BCUT2D eigenvalue weighted by Crippen LogP contribution is -2.44. The molecule has 0 unspecified atom stereocenters. The predicted octanol–water partition coefficient (Wildman–Crippen LogP) is 4.71. The van der Waals surface area contributed by atoms with Crippen molar-refractivity contribution in [1.82, 2.24) is 10.2 Å². The number of carbonyl (C=O) groups is 1. The summed E-state index contributed by atoms with van der Waals surface area (Å²) in [5, 5.41) is 4.53. The van der Waals surface area contributed by atoms with Crippen LogP contribution in [0.1, 0.15) is 33.6 Å². The fraction of sp³-hybridized carbons (Fsp3) is 0.280. The van der Waals surface area contributed by atoms with E-state index in [1.165, 1.54) is 16.9 Å². The maximum atomic E-state index is 12.9. The minimum atomic E-state index is -0.393. The van der Waals surface area contributed by atoms with Crippen LogP contribution in [-0.4, -0.2) is 29.9 Å². The molecule has 1 fully saturated rings. The predicted molar refractivity (Wildman–Crippen MR) is 125 cm³/mol. The second-order valence-corrected chi connectivity index (χ2v) is 9.30. The van der Waals surface area contributed by atoms with Gasteiger partial charge in [-0.25, -0.2) is 4.79 Å². The molecular weight excluding hydrogens is 408 g/mol. The first kappa shape index (κ1) is 20.0. The molecule has 1 amide bonds. The first-order chi connectivity index (χ1) is 15.1. The average molecular weight is 433 g/mol. The number of benzene rings is 2. The van der Waals surface area contributed by atoms with Crippen LogP contribution >= 0.6 is 11.3 Å². The summed E-state index contributed by atoms with van der Waals surface area (Å²) >= 11 is 1.37. The molecule has 4 aromatic rings. The van der Waals surface area contributed by atoms with Gasteiger partial charge in [-0.2, -0.15) is 0 Å². The summed E-state index contributed by atoms with van der Waals surface area (Å²) in [6, 6.07) is 18.0. The first-order valence-electron chi connectivity index (χ1n) is 10.6. The number of fused-ring (bicyclic) bond motifs is 3. The van der Waals surface area contributed by atoms with E-state index in [1.807, 2.05) is 31.2 Å². The van der Waals surface area contributed by atoms with Crippen molar-refractivity contribution in [3.63, 3.8) is 0 Å². The fourth-order valence-corrected chi connectivity index (χ4v) is 5.32. The zero-order valence-corrected chi connectivity index (χ0v) is 18.2. The molecule has 0 bridgehead atoms. The number of hydrogen-bond donors (Lipinski definition) is 1. The zero-order valence-electron chi connectivity index (χ0n) is 17.4. The number of nitrogens with one attached hydrogen (secondary N) is 1. The average Bonchev–Trinajstić information content (AvgIpc) is 3.23. The highest BCUT2D eigenvalue weighted by molar-refractivity contribution is 7.21. The number of rotatable bonds is 4. The molecule has 1 aliphatic heterocycles. The minimum absolute atomic E-state index is 0.108. The maximum Gasteiger partial charge on any atom is 0.345 e. The van der Waals surface area contributed by atoms with Gasteiger partial charge in [0.2, 0.25) is 0 Å². The van der Waals surface area contributed by atoms with Gasteiger partial charge in [0.15, 0.2) is 0 Å². The molecule has 1 aliphatic rings. The Morgan fingerprint density at radius 2 is 1.87 bits per heavy atom. The molecule has 5 nitrogen and oxygen atoms in total. The van der Waals surface area contributed by atoms with E-state index in [-0.39, 0.29) is 11.9 Å². The maximum absolute atomic E-state index is 12.9. The normalized spacial score (nSPS) is 15.5. The monoisotopic (exact) mass is 432 g/mol. The van der Waals surface area contributed by atoms with Crippen LogP contribution in [0.15, 0.2) is 63.8 Å². The molecule has 5 rings (SSSR count). The van der Waals surface area contributed by atoms with Gasteiger partial charge >= 0.3 is 5.63 Å². The lowest BCUT2D eigenvalue weighted by molar-refractivity contribution is 0.0913. The number of amides is 1. The number of aryl methyl sites for hydroxylation is 1. The summed E-state index contributed by atoms with van der Waals surface area (Å²) in [4.78, 5) is 28.3. The molecule has 2 aromatic carbocycles. The Morgan fingerprint density at radius 3 is 2.65 bits per heavy atom. The van der Waals surface area contributed by atoms with Crippen LogP contribution in [0.25, 0.3) is 21.1 Å². The third-order valence-corrected chi connectivity index (χ3v) is 7.10. The lowest BCUT2D eigenvalue weighted by Gasteiger charge is -2.32. The van der Waals surface area contributed by atoms with Crippen LogP contribution in [0.4, 0.5) is 0 Å². The quantitative estimate of drug-likeness (QED) is 0.475. The van der Waals surface area contributed by atoms with E-state index in [0.29, 0.717) is 15.8 Å². The molecule has 31 heavy (non-hydrogen) atoms. The molecule has 0 saturated carbocycles. The Hall–Kier alpha value is -2.96. The van der Waals surface area contributed by atoms with E-state index in [4.69, 9.17) is 4.42 Å². The Morgan fingerprint density at radius 1 is 1.10 bits per heavy atom. The van der Waals surface area contributed by atoms with Crippen molar-refractivity contribution in [3.05, 3.63) is 81.0 Å². The molecule has 6 heteroatoms. The second kappa shape index (κ2) is 8.29. The SMILES string of the molecule is Cc1ccc2oc(=O)c3cc(C(=O)NC4CCN(Cc5ccccc5)CC4)sc3c2c1. The van der Waals surface area contributed by atoms with E-state index in [9.17, 15) is 9.59 Å². The number of thiophene rings is 1. The minimum Gasteiger partial charge on any atom is -0.422 e. The van der Waals surface area contributed by atoms with Gasteiger partial charge in [-0.1, -0.05) is 42.0 Å². The van der Waals surface area contributed by atoms with Crippen molar-refractivity contribution >= 4 is 38.3 Å². The highest BCUT2D eigenvalue weighted by Crippen LogP contribution is 2.31. The highest BCUT2D eigenvalue weighted by atomic mass is 32.1. The van der Waals surface area contributed by atoms with Gasteiger partial charge in [0.05, 0.1) is 15.0 Å². The van der Waals surface area contributed by atoms with Crippen LogP contribution in [-0.2, 0) is 6.54 Å². The van der Waals surface area contributed by atoms with E-state index in [2.05, 4.69) is 34.5 Å². The summed E-state index contributed by atoms with van der Waals surface area (Å²) < 4.78 is 6.26. The third-order valence-electron chi connectivity index (χ3n) is 5.93. The van der Waals surface area contributed by atoms with Crippen LogP contribution in [0.3, 0.4) is 0 Å². The van der Waals surface area contributed by atoms with Gasteiger partial charge in [-0.15, -0.1) is 11.3 Å². The number of likely N-dealkylation sites (tertiary alicyclic amines) is 1. The van der Waals surface area contributed by atoms with Crippen LogP contribution in [0.2, 0.25) is 0 Å². The van der Waals surface area contributed by atoms with E-state index in [0.717, 1.165) is 48.1 Å². The molecular formula is C25H24N2O3S. The summed E-state index contributed by atoms with van der Waals surface area (Å²) in [7, 11) is 0. The molecule has 2 aromatic heterocycles. The van der Waals surface area contributed by atoms with Crippen LogP contribution in [0.5, 0.6) is 0 Å². The van der Waals surface area contributed by atoms with Gasteiger partial charge in [-0.3, -0.25) is 9.69 Å². The van der Waals surface area contributed by atoms with Gasteiger partial charge < -0.3 is 9.73 Å². The molecule has 0 spiro atoms. The molecule has 0 radical (unpaired) electrons. The molecule has 3 heterocycles. The second-order valence-electron chi connectivity index (χ2n) is 8.25. The van der Waals surface area contributed by atoms with E-state index in [1.54, 1.807) is 6.07 Å². The van der Waals surface area contributed by atoms with Crippen LogP contribution < -0.4 is 10.9 Å². The topological polar surface area (TPSA) is 62.6 Å². The summed E-state index contributed by atoms with van der Waals surface area (Å²) in [6.45, 7) is 4.86. The standard InChI is InChI=1S/C25H24N2O3S/c1-16-7-8-21-19(13-16)23-20(25(29)30-21)14-22(31-23)24(28)26-18-9-11-27(12-10-18)15-17-5-3-2-4-6-17/h2-8,13-14,18H,9-12,15H2,1H3,(H,26,28). The highest BCUT2D eigenvalue weighted by Gasteiger charge is 2.23. The van der Waals surface area contributed by atoms with Gasteiger partial charge in [-0.05, 0) is 43.5 Å². The van der Waals surface area contributed by atoms with Crippen molar-refractivity contribution in [1.29, 1.82) is 0 Å². The summed E-state index contributed by atoms with van der Waals surface area (Å²) in [5.74, 6) is -0.108. The molecule has 0 aliphatic carbocycles. The third kappa shape index (κ3) is 4.13. The molecule has 158 valence electrons. The van der Waals surface area contributed by atoms with Crippen molar-refractivity contribution < 1.29 is 9.21 Å². The van der Waals surface area contributed by atoms with Crippen molar-refractivity contribution in [2.24, 2.45) is 0 Å². The molecule has 1 saturated heterocycles. The lowest BCUT2D eigenvalue weighted by atomic mass is 10.0. The van der Waals surface area contributed by atoms with Crippen LogP contribution in [0, 0.1) is 6.92 Å². The van der Waals surface area contributed by atoms with E-state index >= 15 is 0 Å². The summed E-state index contributed by atoms with van der Waals surface area (Å²) in [6.07, 6.45) is 1.85. The smallest absolute Gasteiger partial charge is 0.345 e. The Labute approximate surface area is 184 Å². The Kier molecular flexibility index (Phi) is 5.34. The van der Waals surface area contributed by atoms with Gasteiger partial charge in [0.1, 0.15) is 5.58 Å². The fourth-order valence-electron chi connectivity index (χ4n) is 4.25. The van der Waals surface area contributed by atoms with Gasteiger partial charge in [0.25, 0.3) is 5.91 Å². The molecule has 0 atom stereocenters. The first-order valence-corrected chi connectivity index (χ1v) is 11.4. The molecule has 1 N–H and O–H groups in total. The van der Waals surface area contributed by atoms with Crippen molar-refractivity contribution in [3.8, 4) is 0 Å². The van der Waals surface area contributed by atoms with Gasteiger partial charge in [0, 0.05) is 31.1 Å². The van der Waals surface area contributed by atoms with Crippen molar-refractivity contribution in [2.45, 2.75) is 32.4 Å².